The molecule has 1 atom stereocenters. The van der Waals surface area contributed by atoms with Gasteiger partial charge in [-0.25, -0.2) is 8.70 Å². The van der Waals surface area contributed by atoms with Crippen LogP contribution in [0.1, 0.15) is 19.4 Å². The first kappa shape index (κ1) is 26.3. The van der Waals surface area contributed by atoms with Gasteiger partial charge in [0.1, 0.15) is 18.4 Å². The number of anilines is 1. The summed E-state index contributed by atoms with van der Waals surface area (Å²) in [5.74, 6) is -1.40. The highest BCUT2D eigenvalue weighted by molar-refractivity contribution is 7.90. The van der Waals surface area contributed by atoms with E-state index < -0.39 is 34.5 Å². The molecule has 0 saturated heterocycles. The van der Waals surface area contributed by atoms with Crippen molar-refractivity contribution in [2.75, 3.05) is 38.0 Å². The Morgan fingerprint density at radius 1 is 1.03 bits per heavy atom. The molecule has 0 saturated carbocycles. The van der Waals surface area contributed by atoms with Gasteiger partial charge in [-0.3, -0.25) is 9.59 Å². The smallest absolute Gasteiger partial charge is 0.304 e. The van der Waals surface area contributed by atoms with Crippen molar-refractivity contribution < 1.29 is 22.4 Å². The molecule has 0 aliphatic rings. The topological polar surface area (TPSA) is 90.0 Å². The summed E-state index contributed by atoms with van der Waals surface area (Å²) in [5.41, 5.74) is 1.13. The lowest BCUT2D eigenvalue weighted by Crippen LogP contribution is -2.53. The molecule has 10 heteroatoms. The maximum atomic E-state index is 13.4. The molecular formula is C23H31FN4O4S. The number of nitrogens with one attached hydrogen (secondary N) is 1. The third-order valence-corrected chi connectivity index (χ3v) is 6.96. The van der Waals surface area contributed by atoms with Gasteiger partial charge in [-0.2, -0.15) is 12.7 Å². The number of hydrogen-bond acceptors (Lipinski definition) is 4. The van der Waals surface area contributed by atoms with Crippen molar-refractivity contribution in [2.24, 2.45) is 0 Å². The Morgan fingerprint density at radius 3 is 2.18 bits per heavy atom. The van der Waals surface area contributed by atoms with Crippen LogP contribution in [0.4, 0.5) is 10.1 Å². The number of hydrogen-bond donors (Lipinski definition) is 1. The summed E-state index contributed by atoms with van der Waals surface area (Å²) in [7, 11) is -1.36. The zero-order valence-corrected chi connectivity index (χ0v) is 20.2. The van der Waals surface area contributed by atoms with Crippen LogP contribution in [0.5, 0.6) is 0 Å². The fourth-order valence-electron chi connectivity index (χ4n) is 3.22. The largest absolute Gasteiger partial charge is 0.355 e. The Labute approximate surface area is 195 Å². The predicted octanol–water partition coefficient (Wildman–Crippen LogP) is 2.03. The molecule has 2 amide bonds. The molecule has 8 nitrogen and oxygen atoms in total. The van der Waals surface area contributed by atoms with E-state index in [9.17, 15) is 22.4 Å². The van der Waals surface area contributed by atoms with Crippen LogP contribution in [0.2, 0.25) is 0 Å². The second-order valence-corrected chi connectivity index (χ2v) is 9.73. The second-order valence-electron chi connectivity index (χ2n) is 7.67. The molecule has 1 N–H and O–H groups in total. The van der Waals surface area contributed by atoms with Crippen molar-refractivity contribution >= 4 is 27.7 Å². The normalized spacial score (nSPS) is 12.3. The zero-order valence-electron chi connectivity index (χ0n) is 19.4. The standard InChI is InChI=1S/C23H31FN4O4S/c1-5-25-23(30)18(2)27(16-15-19-9-7-6-8-10-19)22(29)17-28(33(31,32)26(3)4)21-13-11-20(24)12-14-21/h6-14,18H,5,15-17H2,1-4H3,(H,25,30)/t18-/m0/s1. The monoisotopic (exact) mass is 478 g/mol. The number of rotatable bonds is 11. The number of benzene rings is 2. The van der Waals surface area contributed by atoms with Crippen molar-refractivity contribution in [3.05, 3.63) is 66.0 Å². The molecule has 0 aliphatic carbocycles. The number of carbonyl (C=O) groups is 2. The number of halogens is 1. The van der Waals surface area contributed by atoms with E-state index in [1.807, 2.05) is 30.3 Å². The average Bonchev–Trinajstić information content (AvgIpc) is 2.78. The lowest BCUT2D eigenvalue weighted by atomic mass is 10.1. The molecule has 0 unspecified atom stereocenters. The van der Waals surface area contributed by atoms with Gasteiger partial charge < -0.3 is 10.2 Å². The van der Waals surface area contributed by atoms with Crippen LogP contribution < -0.4 is 9.62 Å². The summed E-state index contributed by atoms with van der Waals surface area (Å²) < 4.78 is 41.3. The van der Waals surface area contributed by atoms with Crippen LogP contribution >= 0.6 is 0 Å². The highest BCUT2D eigenvalue weighted by Gasteiger charge is 2.32. The van der Waals surface area contributed by atoms with E-state index in [0.717, 1.165) is 26.3 Å². The number of nitrogens with zero attached hydrogens (tertiary/aromatic N) is 3. The first-order valence-electron chi connectivity index (χ1n) is 10.6. The maximum Gasteiger partial charge on any atom is 0.304 e. The molecule has 0 fully saturated rings. The zero-order chi connectivity index (χ0) is 24.6. The second kappa shape index (κ2) is 11.8. The van der Waals surface area contributed by atoms with Crippen LogP contribution in [0.3, 0.4) is 0 Å². The fourth-order valence-corrected chi connectivity index (χ4v) is 4.27. The van der Waals surface area contributed by atoms with Crippen LogP contribution in [-0.2, 0) is 26.2 Å². The van der Waals surface area contributed by atoms with Crippen molar-refractivity contribution in [1.29, 1.82) is 0 Å². The molecule has 0 radical (unpaired) electrons. The first-order chi connectivity index (χ1) is 15.6. The van der Waals surface area contributed by atoms with Gasteiger partial charge >= 0.3 is 10.2 Å². The first-order valence-corrected chi connectivity index (χ1v) is 12.0. The summed E-state index contributed by atoms with van der Waals surface area (Å²) in [6.45, 7) is 3.48. The van der Waals surface area contributed by atoms with E-state index in [4.69, 9.17) is 0 Å². The lowest BCUT2D eigenvalue weighted by Gasteiger charge is -2.32. The molecule has 0 aromatic heterocycles. The molecule has 33 heavy (non-hydrogen) atoms. The third-order valence-electron chi connectivity index (χ3n) is 5.14. The van der Waals surface area contributed by atoms with Gasteiger partial charge in [0.25, 0.3) is 0 Å². The average molecular weight is 479 g/mol. The summed E-state index contributed by atoms with van der Waals surface area (Å²) >= 11 is 0. The third kappa shape index (κ3) is 7.00. The highest BCUT2D eigenvalue weighted by atomic mass is 32.2. The minimum atomic E-state index is -4.06. The van der Waals surface area contributed by atoms with Gasteiger partial charge in [0.15, 0.2) is 0 Å². The van der Waals surface area contributed by atoms with Gasteiger partial charge in [0.05, 0.1) is 5.69 Å². The van der Waals surface area contributed by atoms with Crippen LogP contribution in [0.25, 0.3) is 0 Å². The molecule has 0 spiro atoms. The Bertz CT molecular complexity index is 1030. The molecule has 2 aromatic rings. The molecule has 2 rings (SSSR count). The Balaban J connectivity index is 2.35. The Morgan fingerprint density at radius 2 is 1.64 bits per heavy atom. The lowest BCUT2D eigenvalue weighted by molar-refractivity contribution is -0.138. The Hall–Kier alpha value is -2.98. The minimum absolute atomic E-state index is 0.145. The van der Waals surface area contributed by atoms with Crippen LogP contribution in [0.15, 0.2) is 54.6 Å². The van der Waals surface area contributed by atoms with Crippen molar-refractivity contribution in [3.8, 4) is 0 Å². The van der Waals surface area contributed by atoms with E-state index in [-0.39, 0.29) is 18.1 Å². The molecule has 2 aromatic carbocycles. The van der Waals surface area contributed by atoms with E-state index in [1.54, 1.807) is 13.8 Å². The van der Waals surface area contributed by atoms with E-state index >= 15 is 0 Å². The summed E-state index contributed by atoms with van der Waals surface area (Å²) in [5, 5.41) is 2.70. The molecule has 0 aliphatic heterocycles. The number of amides is 2. The maximum absolute atomic E-state index is 13.4. The summed E-state index contributed by atoms with van der Waals surface area (Å²) in [6.07, 6.45) is 0.493. The molecule has 180 valence electrons. The minimum Gasteiger partial charge on any atom is -0.355 e. The van der Waals surface area contributed by atoms with Gasteiger partial charge in [0.2, 0.25) is 11.8 Å². The fraction of sp³-hybridized carbons (Fsp3) is 0.391. The quantitative estimate of drug-likeness (QED) is 0.535. The Kier molecular flexibility index (Phi) is 9.36. The number of likely N-dealkylation sites (N-methyl/N-ethyl adjacent to an activating group) is 1. The summed E-state index contributed by atoms with van der Waals surface area (Å²) in [6, 6.07) is 13.5. The molecular weight excluding hydrogens is 447 g/mol. The van der Waals surface area contributed by atoms with E-state index in [0.29, 0.717) is 13.0 Å². The van der Waals surface area contributed by atoms with E-state index in [1.165, 1.54) is 31.1 Å². The van der Waals surface area contributed by atoms with Gasteiger partial charge in [-0.05, 0) is 50.1 Å². The van der Waals surface area contributed by atoms with E-state index in [2.05, 4.69) is 5.32 Å². The van der Waals surface area contributed by atoms with Crippen LogP contribution in [-0.4, -0.2) is 69.2 Å². The summed E-state index contributed by atoms with van der Waals surface area (Å²) in [4.78, 5) is 27.3. The van der Waals surface area contributed by atoms with Crippen LogP contribution in [0, 0.1) is 5.82 Å². The van der Waals surface area contributed by atoms with Crippen molar-refractivity contribution in [3.63, 3.8) is 0 Å². The molecule has 0 bridgehead atoms. The van der Waals surface area contributed by atoms with Crippen molar-refractivity contribution in [2.45, 2.75) is 26.3 Å². The predicted molar refractivity (Wildman–Crippen MR) is 126 cm³/mol. The number of carbonyl (C=O) groups excluding carboxylic acids is 2. The van der Waals surface area contributed by atoms with Crippen molar-refractivity contribution in [1.82, 2.24) is 14.5 Å². The molecule has 0 heterocycles. The van der Waals surface area contributed by atoms with Gasteiger partial charge in [-0.1, -0.05) is 30.3 Å². The highest BCUT2D eigenvalue weighted by Crippen LogP contribution is 2.21. The SMILES string of the molecule is CCNC(=O)[C@H](C)N(CCc1ccccc1)C(=O)CN(c1ccc(F)cc1)S(=O)(=O)N(C)C. The van der Waals surface area contributed by atoms with Gasteiger partial charge in [0, 0.05) is 27.2 Å². The van der Waals surface area contributed by atoms with Gasteiger partial charge in [-0.15, -0.1) is 0 Å².